The van der Waals surface area contributed by atoms with Crippen LogP contribution < -0.4 is 20.7 Å². The van der Waals surface area contributed by atoms with Gasteiger partial charge in [0.05, 0.1) is 12.1 Å². The van der Waals surface area contributed by atoms with Crippen molar-refractivity contribution < 1.29 is 33.8 Å². The topological polar surface area (TPSA) is 185 Å². The summed E-state index contributed by atoms with van der Waals surface area (Å²) in [5.41, 5.74) is -1.04. The zero-order chi connectivity index (χ0) is 37.2. The lowest BCUT2D eigenvalue weighted by Gasteiger charge is -2.30. The quantitative estimate of drug-likeness (QED) is 0.231. The predicted molar refractivity (Wildman–Crippen MR) is 196 cm³/mol. The molecular formula is C37H47N7O7S. The summed E-state index contributed by atoms with van der Waals surface area (Å²) in [4.78, 5) is 69.5. The van der Waals surface area contributed by atoms with Crippen LogP contribution in [0, 0.1) is 5.92 Å². The Hall–Kier alpha value is -4.79. The van der Waals surface area contributed by atoms with Gasteiger partial charge in [-0.1, -0.05) is 31.1 Å². The molecule has 5 heterocycles. The van der Waals surface area contributed by atoms with Crippen LogP contribution in [0.5, 0.6) is 5.88 Å². The highest BCUT2D eigenvalue weighted by atomic mass is 32.1. The number of nitrogens with zero attached hydrogens (tertiary/aromatic N) is 4. The highest BCUT2D eigenvalue weighted by molar-refractivity contribution is 7.17. The Morgan fingerprint density at radius 3 is 2.67 bits per heavy atom. The van der Waals surface area contributed by atoms with Crippen LogP contribution in [0.1, 0.15) is 79.6 Å². The summed E-state index contributed by atoms with van der Waals surface area (Å²) in [5.74, 6) is -1.21. The first-order chi connectivity index (χ1) is 24.7. The molecule has 278 valence electrons. The lowest BCUT2D eigenvalue weighted by molar-refractivity contribution is -0.145. The number of hydrogen-bond donors (Lipinski definition) is 4. The number of alkyl carbamates (subject to hydrolysis) is 1. The molecule has 1 aliphatic carbocycles. The van der Waals surface area contributed by atoms with Crippen molar-refractivity contribution in [3.63, 3.8) is 0 Å². The molecule has 3 amide bonds. The van der Waals surface area contributed by atoms with Crippen molar-refractivity contribution in [1.29, 1.82) is 0 Å². The number of fused-ring (bicyclic) bond motifs is 3. The van der Waals surface area contributed by atoms with Crippen molar-refractivity contribution >= 4 is 51.2 Å². The molecule has 14 nitrogen and oxygen atoms in total. The van der Waals surface area contributed by atoms with E-state index in [1.807, 2.05) is 55.6 Å². The second kappa shape index (κ2) is 15.1. The fourth-order valence-corrected chi connectivity index (χ4v) is 7.48. The smallest absolute Gasteiger partial charge is 0.408 e. The summed E-state index contributed by atoms with van der Waals surface area (Å²) < 4.78 is 12.7. The second-order valence-corrected chi connectivity index (χ2v) is 15.9. The van der Waals surface area contributed by atoms with E-state index in [1.165, 1.54) is 16.2 Å². The van der Waals surface area contributed by atoms with Crippen LogP contribution in [-0.4, -0.2) is 90.7 Å². The number of allylic oxidation sites excluding steroid dienone is 1. The molecule has 5 atom stereocenters. The van der Waals surface area contributed by atoms with Crippen LogP contribution in [0.3, 0.4) is 0 Å². The van der Waals surface area contributed by atoms with Gasteiger partial charge in [-0.3, -0.25) is 9.59 Å². The van der Waals surface area contributed by atoms with Gasteiger partial charge < -0.3 is 35.4 Å². The van der Waals surface area contributed by atoms with Gasteiger partial charge in [0.15, 0.2) is 5.82 Å². The van der Waals surface area contributed by atoms with Crippen molar-refractivity contribution in [3.8, 4) is 17.4 Å². The molecule has 0 unspecified atom stereocenters. The molecular weight excluding hydrogens is 687 g/mol. The molecule has 3 aliphatic rings. The number of carbonyl (C=O) groups is 4. The van der Waals surface area contributed by atoms with E-state index in [-0.39, 0.29) is 37.2 Å². The molecule has 3 aromatic heterocycles. The summed E-state index contributed by atoms with van der Waals surface area (Å²) in [5, 5.41) is 20.9. The van der Waals surface area contributed by atoms with Gasteiger partial charge in [0.1, 0.15) is 45.5 Å². The van der Waals surface area contributed by atoms with Gasteiger partial charge in [-0.15, -0.1) is 11.3 Å². The minimum atomic E-state index is -1.45. The van der Waals surface area contributed by atoms with Gasteiger partial charge in [-0.05, 0) is 83.9 Å². The van der Waals surface area contributed by atoms with E-state index in [1.54, 1.807) is 20.8 Å². The highest BCUT2D eigenvalue weighted by Crippen LogP contribution is 2.45. The zero-order valence-electron chi connectivity index (χ0n) is 30.2. The maximum Gasteiger partial charge on any atom is 0.408 e. The number of hydrogen-bond acceptors (Lipinski definition) is 11. The van der Waals surface area contributed by atoms with E-state index in [2.05, 4.69) is 16.0 Å². The van der Waals surface area contributed by atoms with Crippen LogP contribution in [0.2, 0.25) is 0 Å². The Bertz CT molecular complexity index is 1860. The van der Waals surface area contributed by atoms with Gasteiger partial charge in [-0.25, -0.2) is 19.6 Å². The summed E-state index contributed by atoms with van der Waals surface area (Å²) >= 11 is 1.41. The average Bonchev–Trinajstić information content (AvgIpc) is 3.36. The number of carboxylic acids is 1. The Labute approximate surface area is 306 Å². The van der Waals surface area contributed by atoms with E-state index in [0.717, 1.165) is 19.3 Å². The van der Waals surface area contributed by atoms with Gasteiger partial charge in [0, 0.05) is 18.4 Å². The molecule has 3 aromatic rings. The highest BCUT2D eigenvalue weighted by Gasteiger charge is 2.61. The summed E-state index contributed by atoms with van der Waals surface area (Å²) in [6.45, 7) is 9.26. The van der Waals surface area contributed by atoms with Gasteiger partial charge >= 0.3 is 12.1 Å². The third-order valence-electron chi connectivity index (χ3n) is 9.28. The maximum absolute atomic E-state index is 14.4. The van der Waals surface area contributed by atoms with E-state index < -0.39 is 53.2 Å². The van der Waals surface area contributed by atoms with Crippen molar-refractivity contribution in [2.45, 2.75) is 115 Å². The second-order valence-electron chi connectivity index (χ2n) is 15.0. The van der Waals surface area contributed by atoms with Crippen molar-refractivity contribution in [2.75, 3.05) is 11.9 Å². The van der Waals surface area contributed by atoms with E-state index >= 15 is 0 Å². The number of carboxylic acid groups (broad SMARTS) is 1. The van der Waals surface area contributed by atoms with E-state index in [4.69, 9.17) is 24.4 Å². The van der Waals surface area contributed by atoms with Crippen molar-refractivity contribution in [1.82, 2.24) is 30.5 Å². The Balaban J connectivity index is 1.31. The van der Waals surface area contributed by atoms with E-state index in [0.29, 0.717) is 40.4 Å². The summed E-state index contributed by atoms with van der Waals surface area (Å²) in [6, 6.07) is 5.55. The maximum atomic E-state index is 14.4. The average molecular weight is 734 g/mol. The lowest BCUT2D eigenvalue weighted by Crippen LogP contribution is -2.56. The molecule has 2 aliphatic heterocycles. The molecule has 6 rings (SSSR count). The number of nitrogens with one attached hydrogen (secondary N) is 3. The fourth-order valence-electron chi connectivity index (χ4n) is 6.72. The van der Waals surface area contributed by atoms with Crippen LogP contribution >= 0.6 is 11.3 Å². The predicted octanol–water partition coefficient (Wildman–Crippen LogP) is 5.30. The van der Waals surface area contributed by atoms with Crippen LogP contribution in [0.4, 0.5) is 10.6 Å². The first kappa shape index (κ1) is 37.0. The van der Waals surface area contributed by atoms with Crippen LogP contribution in [0.15, 0.2) is 41.8 Å². The molecule has 1 saturated heterocycles. The molecule has 4 N–H and O–H groups in total. The van der Waals surface area contributed by atoms with Gasteiger partial charge in [0.25, 0.3) is 0 Å². The SMILES string of the molecule is CC(C)Nc1cccc(-c2nc(O[C@@H]3C[C@H]4C(=O)N[C@]5(C(=O)O)C[C@H]5/C=C/CCCCC[C@H](NC(=O)OC(C)(C)C)C(=O)N4C3)c3sccc3n2)n1. The molecule has 0 spiro atoms. The normalized spacial score (nSPS) is 26.0. The Morgan fingerprint density at radius 1 is 1.12 bits per heavy atom. The minimum Gasteiger partial charge on any atom is -0.479 e. The summed E-state index contributed by atoms with van der Waals surface area (Å²) in [6.07, 6.45) is 6.09. The Morgan fingerprint density at radius 2 is 1.92 bits per heavy atom. The number of aromatic nitrogens is 3. The molecule has 0 radical (unpaired) electrons. The number of ether oxygens (including phenoxy) is 2. The fraction of sp³-hybridized carbons (Fsp3) is 0.541. The number of pyridine rings is 1. The third-order valence-corrected chi connectivity index (χ3v) is 10.2. The first-order valence-corrected chi connectivity index (χ1v) is 18.8. The molecule has 1 saturated carbocycles. The molecule has 0 aromatic carbocycles. The Kier molecular flexibility index (Phi) is 10.7. The molecule has 15 heteroatoms. The largest absolute Gasteiger partial charge is 0.479 e. The van der Waals surface area contributed by atoms with Gasteiger partial charge in [0.2, 0.25) is 17.7 Å². The number of amides is 3. The number of aliphatic carboxylic acids is 1. The first-order valence-electron chi connectivity index (χ1n) is 17.9. The molecule has 2 fully saturated rings. The monoisotopic (exact) mass is 733 g/mol. The summed E-state index contributed by atoms with van der Waals surface area (Å²) in [7, 11) is 0. The minimum absolute atomic E-state index is 0.00503. The van der Waals surface area contributed by atoms with Crippen LogP contribution in [-0.2, 0) is 19.1 Å². The third kappa shape index (κ3) is 8.46. The van der Waals surface area contributed by atoms with Gasteiger partial charge in [-0.2, -0.15) is 4.98 Å². The number of thiophene rings is 1. The lowest BCUT2D eigenvalue weighted by atomic mass is 10.0. The number of rotatable bonds is 7. The van der Waals surface area contributed by atoms with Crippen molar-refractivity contribution in [3.05, 3.63) is 41.8 Å². The molecule has 0 bridgehead atoms. The van der Waals surface area contributed by atoms with E-state index in [9.17, 15) is 24.3 Å². The molecule has 52 heavy (non-hydrogen) atoms. The number of carbonyl (C=O) groups excluding carboxylic acids is 3. The standard InChI is InChI=1S/C37H47N7O7S/c1-21(2)38-28-15-11-14-25(39-28)30-40-24-16-17-52-29(24)32(42-30)50-23-18-27-31(45)43-37(34(47)48)19-22(37)12-9-7-6-8-10-13-26(33(46)44(27)20-23)41-35(49)51-36(3,4)5/h9,11-12,14-17,21-23,26-27H,6-8,10,13,18-20H2,1-5H3,(H,38,39)(H,41,49)(H,43,45)(H,47,48)/b12-9+/t22-,23-,26+,27+,37-/m1/s1. The number of anilines is 1. The van der Waals surface area contributed by atoms with Crippen LogP contribution in [0.25, 0.3) is 21.7 Å². The van der Waals surface area contributed by atoms with Crippen molar-refractivity contribution in [2.24, 2.45) is 5.92 Å². The zero-order valence-corrected chi connectivity index (χ0v) is 31.0.